The summed E-state index contributed by atoms with van der Waals surface area (Å²) in [5.41, 5.74) is 0. The summed E-state index contributed by atoms with van der Waals surface area (Å²) < 4.78 is 6.16. The quantitative estimate of drug-likeness (QED) is 0.870. The van der Waals surface area contributed by atoms with Gasteiger partial charge in [-0.1, -0.05) is 55.7 Å². The van der Waals surface area contributed by atoms with E-state index in [1.54, 1.807) is 0 Å². The van der Waals surface area contributed by atoms with Gasteiger partial charge >= 0.3 is 0 Å². The van der Waals surface area contributed by atoms with Crippen molar-refractivity contribution in [1.82, 2.24) is 5.32 Å². The van der Waals surface area contributed by atoms with E-state index >= 15 is 0 Å². The second-order valence-electron chi connectivity index (χ2n) is 6.15. The van der Waals surface area contributed by atoms with Crippen LogP contribution in [0.4, 0.5) is 0 Å². The Morgan fingerprint density at radius 2 is 1.81 bits per heavy atom. The second kappa shape index (κ2) is 6.95. The van der Waals surface area contributed by atoms with Gasteiger partial charge in [0.05, 0.1) is 0 Å². The topological polar surface area (TPSA) is 21.3 Å². The standard InChI is InChI=1S/C19H25NO/c1-15(14-20-17-10-3-2-4-11-17)21-19-13-7-9-16-8-5-6-12-18(16)19/h5-9,12-13,15,17,20H,2-4,10-11,14H2,1H3. The normalized spacial score (nSPS) is 17.8. The molecule has 2 nitrogen and oxygen atoms in total. The average molecular weight is 283 g/mol. The molecule has 112 valence electrons. The lowest BCUT2D eigenvalue weighted by Crippen LogP contribution is -2.37. The summed E-state index contributed by atoms with van der Waals surface area (Å²) in [6, 6.07) is 15.4. The zero-order chi connectivity index (χ0) is 14.5. The molecule has 0 saturated heterocycles. The lowest BCUT2D eigenvalue weighted by molar-refractivity contribution is 0.207. The highest BCUT2D eigenvalue weighted by molar-refractivity contribution is 5.88. The summed E-state index contributed by atoms with van der Waals surface area (Å²) in [6.45, 7) is 3.07. The van der Waals surface area contributed by atoms with Crippen molar-refractivity contribution in [3.63, 3.8) is 0 Å². The van der Waals surface area contributed by atoms with Crippen LogP contribution in [0.3, 0.4) is 0 Å². The minimum Gasteiger partial charge on any atom is -0.489 e. The highest BCUT2D eigenvalue weighted by Crippen LogP contribution is 2.26. The molecule has 2 aromatic rings. The van der Waals surface area contributed by atoms with Crippen LogP contribution in [0, 0.1) is 0 Å². The Morgan fingerprint density at radius 1 is 1.05 bits per heavy atom. The summed E-state index contributed by atoms with van der Waals surface area (Å²) >= 11 is 0. The molecule has 0 aromatic heterocycles. The molecule has 2 heteroatoms. The molecule has 1 aliphatic rings. The van der Waals surface area contributed by atoms with E-state index in [9.17, 15) is 0 Å². The molecule has 1 atom stereocenters. The van der Waals surface area contributed by atoms with Gasteiger partial charge in [0.15, 0.2) is 0 Å². The van der Waals surface area contributed by atoms with Crippen molar-refractivity contribution in [2.45, 2.75) is 51.2 Å². The van der Waals surface area contributed by atoms with Gasteiger partial charge in [-0.05, 0) is 31.2 Å². The molecule has 1 N–H and O–H groups in total. The highest BCUT2D eigenvalue weighted by atomic mass is 16.5. The molecule has 1 saturated carbocycles. The van der Waals surface area contributed by atoms with E-state index in [2.05, 4.69) is 54.7 Å². The Kier molecular flexibility index (Phi) is 4.76. The Balaban J connectivity index is 1.59. The third-order valence-corrected chi connectivity index (χ3v) is 4.38. The van der Waals surface area contributed by atoms with Crippen molar-refractivity contribution in [2.24, 2.45) is 0 Å². The van der Waals surface area contributed by atoms with Crippen LogP contribution >= 0.6 is 0 Å². The largest absolute Gasteiger partial charge is 0.489 e. The average Bonchev–Trinajstić information content (AvgIpc) is 2.54. The fraction of sp³-hybridized carbons (Fsp3) is 0.474. The number of hydrogen-bond acceptors (Lipinski definition) is 2. The molecule has 1 unspecified atom stereocenters. The van der Waals surface area contributed by atoms with Gasteiger partial charge in [0.1, 0.15) is 11.9 Å². The van der Waals surface area contributed by atoms with Crippen LogP contribution in [0.5, 0.6) is 5.75 Å². The number of hydrogen-bond donors (Lipinski definition) is 1. The monoisotopic (exact) mass is 283 g/mol. The number of benzene rings is 2. The van der Waals surface area contributed by atoms with Gasteiger partial charge in [0, 0.05) is 18.0 Å². The van der Waals surface area contributed by atoms with Crippen LogP contribution in [-0.4, -0.2) is 18.7 Å². The van der Waals surface area contributed by atoms with E-state index in [4.69, 9.17) is 4.74 Å². The molecule has 0 spiro atoms. The Morgan fingerprint density at radius 3 is 2.67 bits per heavy atom. The van der Waals surface area contributed by atoms with Crippen LogP contribution in [0.2, 0.25) is 0 Å². The maximum atomic E-state index is 6.16. The van der Waals surface area contributed by atoms with E-state index in [1.165, 1.54) is 42.9 Å². The molecule has 0 heterocycles. The van der Waals surface area contributed by atoms with E-state index in [1.807, 2.05) is 0 Å². The van der Waals surface area contributed by atoms with Crippen LogP contribution in [0.25, 0.3) is 10.8 Å². The first-order valence-corrected chi connectivity index (χ1v) is 8.21. The highest BCUT2D eigenvalue weighted by Gasteiger charge is 2.14. The van der Waals surface area contributed by atoms with Crippen molar-refractivity contribution < 1.29 is 4.74 Å². The molecule has 3 rings (SSSR count). The van der Waals surface area contributed by atoms with Crippen LogP contribution in [0.15, 0.2) is 42.5 Å². The van der Waals surface area contributed by atoms with Crippen molar-refractivity contribution in [2.75, 3.05) is 6.54 Å². The van der Waals surface area contributed by atoms with E-state index in [-0.39, 0.29) is 6.10 Å². The molecular weight excluding hydrogens is 258 g/mol. The van der Waals surface area contributed by atoms with Gasteiger partial charge in [0.25, 0.3) is 0 Å². The zero-order valence-electron chi connectivity index (χ0n) is 12.8. The lowest BCUT2D eigenvalue weighted by Gasteiger charge is -2.25. The molecule has 2 aromatic carbocycles. The maximum Gasteiger partial charge on any atom is 0.127 e. The van der Waals surface area contributed by atoms with Gasteiger partial charge < -0.3 is 10.1 Å². The summed E-state index contributed by atoms with van der Waals surface area (Å²) in [5.74, 6) is 0.992. The van der Waals surface area contributed by atoms with Crippen molar-refractivity contribution in [3.05, 3.63) is 42.5 Å². The van der Waals surface area contributed by atoms with Crippen LogP contribution < -0.4 is 10.1 Å². The predicted octanol–water partition coefficient (Wildman–Crippen LogP) is 4.53. The first-order valence-electron chi connectivity index (χ1n) is 8.21. The van der Waals surface area contributed by atoms with Crippen molar-refractivity contribution >= 4 is 10.8 Å². The van der Waals surface area contributed by atoms with E-state index in [0.29, 0.717) is 6.04 Å². The summed E-state index contributed by atoms with van der Waals surface area (Å²) in [6.07, 6.45) is 6.98. The van der Waals surface area contributed by atoms with Crippen molar-refractivity contribution in [3.8, 4) is 5.75 Å². The second-order valence-corrected chi connectivity index (χ2v) is 6.15. The number of rotatable bonds is 5. The smallest absolute Gasteiger partial charge is 0.127 e. The fourth-order valence-electron chi connectivity index (χ4n) is 3.20. The molecule has 0 radical (unpaired) electrons. The Hall–Kier alpha value is -1.54. The van der Waals surface area contributed by atoms with Gasteiger partial charge in [0.2, 0.25) is 0 Å². The molecule has 1 aliphatic carbocycles. The fourth-order valence-corrected chi connectivity index (χ4v) is 3.20. The summed E-state index contributed by atoms with van der Waals surface area (Å²) in [7, 11) is 0. The SMILES string of the molecule is CC(CNC1CCCCC1)Oc1cccc2ccccc12. The van der Waals surface area contributed by atoms with Gasteiger partial charge in [-0.25, -0.2) is 0 Å². The number of ether oxygens (including phenoxy) is 1. The lowest BCUT2D eigenvalue weighted by atomic mass is 9.95. The molecule has 21 heavy (non-hydrogen) atoms. The minimum absolute atomic E-state index is 0.192. The van der Waals surface area contributed by atoms with Crippen LogP contribution in [0.1, 0.15) is 39.0 Å². The van der Waals surface area contributed by atoms with E-state index in [0.717, 1.165) is 12.3 Å². The van der Waals surface area contributed by atoms with Crippen LogP contribution in [-0.2, 0) is 0 Å². The first kappa shape index (κ1) is 14.4. The zero-order valence-corrected chi connectivity index (χ0v) is 12.8. The third kappa shape index (κ3) is 3.76. The predicted molar refractivity (Wildman–Crippen MR) is 88.9 cm³/mol. The summed E-state index contributed by atoms with van der Waals surface area (Å²) in [5, 5.41) is 6.10. The Labute approximate surface area is 127 Å². The molecule has 0 bridgehead atoms. The number of nitrogens with one attached hydrogen (secondary N) is 1. The molecule has 0 amide bonds. The Bertz CT molecular complexity index is 569. The van der Waals surface area contributed by atoms with Gasteiger partial charge in [-0.2, -0.15) is 0 Å². The van der Waals surface area contributed by atoms with E-state index < -0.39 is 0 Å². The van der Waals surface area contributed by atoms with Gasteiger partial charge in [-0.3, -0.25) is 0 Å². The molecule has 0 aliphatic heterocycles. The van der Waals surface area contributed by atoms with Gasteiger partial charge in [-0.15, -0.1) is 0 Å². The maximum absolute atomic E-state index is 6.16. The number of fused-ring (bicyclic) bond motifs is 1. The molecule has 1 fully saturated rings. The summed E-state index contributed by atoms with van der Waals surface area (Å²) in [4.78, 5) is 0. The minimum atomic E-state index is 0.192. The third-order valence-electron chi connectivity index (χ3n) is 4.38. The molecular formula is C19H25NO. The first-order chi connectivity index (χ1) is 10.3. The van der Waals surface area contributed by atoms with Crippen molar-refractivity contribution in [1.29, 1.82) is 0 Å².